The number of benzene rings is 1. The van der Waals surface area contributed by atoms with Crippen molar-refractivity contribution in [1.29, 1.82) is 0 Å². The Kier molecular flexibility index (Phi) is 3.72. The number of carbonyl (C=O) groups is 1. The van der Waals surface area contributed by atoms with Crippen molar-refractivity contribution in [3.05, 3.63) is 29.1 Å². The second-order valence-corrected chi connectivity index (χ2v) is 3.39. The smallest absolute Gasteiger partial charge is 0.338 e. The monoisotopic (exact) mass is 247 g/mol. The van der Waals surface area contributed by atoms with Crippen LogP contribution in [-0.4, -0.2) is 17.7 Å². The first-order valence-electron chi connectivity index (χ1n) is 4.55. The largest absolute Gasteiger partial charge is 0.490 e. The normalized spacial score (nSPS) is 18.0. The summed E-state index contributed by atoms with van der Waals surface area (Å²) in [4.78, 5) is 10.7. The van der Waals surface area contributed by atoms with Gasteiger partial charge in [-0.2, -0.15) is 0 Å². The number of ether oxygens (including phenoxy) is 1. The third kappa shape index (κ3) is 1.96. The molecule has 1 heterocycles. The quantitative estimate of drug-likeness (QED) is 0.793. The van der Waals surface area contributed by atoms with Crippen LogP contribution >= 0.6 is 12.4 Å². The summed E-state index contributed by atoms with van der Waals surface area (Å²) >= 11 is 0. The number of aromatic carboxylic acids is 1. The van der Waals surface area contributed by atoms with Crippen molar-refractivity contribution in [2.45, 2.75) is 12.5 Å². The average Bonchev–Trinajstić information content (AvgIpc) is 2.19. The highest BCUT2D eigenvalue weighted by Gasteiger charge is 2.25. The lowest BCUT2D eigenvalue weighted by atomic mass is 9.99. The molecule has 1 atom stereocenters. The summed E-state index contributed by atoms with van der Waals surface area (Å²) in [6, 6.07) is 2.43. The molecule has 4 nitrogen and oxygen atoms in total. The molecule has 0 spiro atoms. The number of carboxylic acids is 1. The van der Waals surface area contributed by atoms with Gasteiger partial charge in [-0.05, 0) is 6.07 Å². The number of nitrogens with two attached hydrogens (primary N) is 1. The highest BCUT2D eigenvalue weighted by atomic mass is 35.5. The van der Waals surface area contributed by atoms with Crippen molar-refractivity contribution < 1.29 is 19.0 Å². The van der Waals surface area contributed by atoms with Gasteiger partial charge in [-0.1, -0.05) is 6.07 Å². The third-order valence-electron chi connectivity index (χ3n) is 2.43. The minimum Gasteiger partial charge on any atom is -0.490 e. The maximum Gasteiger partial charge on any atom is 0.338 e. The molecule has 0 aliphatic carbocycles. The fraction of sp³-hybridized carbons (Fsp3) is 0.300. The van der Waals surface area contributed by atoms with E-state index in [0.29, 0.717) is 18.6 Å². The summed E-state index contributed by atoms with van der Waals surface area (Å²) in [7, 11) is 0. The number of hydrogen-bond donors (Lipinski definition) is 2. The number of carboxylic acid groups (broad SMARTS) is 1. The SMILES string of the molecule is Cl.NC1CCOc2c1ccc(C(=O)O)c2F. The molecule has 0 saturated carbocycles. The first-order valence-corrected chi connectivity index (χ1v) is 4.55. The molecule has 0 saturated heterocycles. The Morgan fingerprint density at radius 3 is 2.88 bits per heavy atom. The minimum atomic E-state index is -1.31. The van der Waals surface area contributed by atoms with Gasteiger partial charge in [0.05, 0.1) is 12.2 Å². The van der Waals surface area contributed by atoms with Crippen molar-refractivity contribution in [3.63, 3.8) is 0 Å². The first-order chi connectivity index (χ1) is 7.11. The second kappa shape index (κ2) is 4.67. The van der Waals surface area contributed by atoms with E-state index in [1.807, 2.05) is 0 Å². The standard InChI is InChI=1S/C10H10FNO3.ClH/c11-8-6(10(13)14)2-1-5-7(12)3-4-15-9(5)8;/h1-2,7H,3-4,12H2,(H,13,14);1H. The predicted molar refractivity (Wildman–Crippen MR) is 57.6 cm³/mol. The Hall–Kier alpha value is -1.33. The lowest BCUT2D eigenvalue weighted by molar-refractivity contribution is 0.0690. The molecule has 3 N–H and O–H groups in total. The summed E-state index contributed by atoms with van der Waals surface area (Å²) in [6.45, 7) is 0.314. The van der Waals surface area contributed by atoms with E-state index in [4.69, 9.17) is 15.6 Å². The molecule has 1 aliphatic rings. The van der Waals surface area contributed by atoms with Crippen LogP contribution in [0.1, 0.15) is 28.4 Å². The van der Waals surface area contributed by atoms with Gasteiger partial charge in [0.2, 0.25) is 0 Å². The Morgan fingerprint density at radius 2 is 2.25 bits per heavy atom. The highest BCUT2D eigenvalue weighted by Crippen LogP contribution is 2.34. The average molecular weight is 248 g/mol. The molecule has 1 aliphatic heterocycles. The Bertz CT molecular complexity index is 425. The van der Waals surface area contributed by atoms with E-state index in [1.165, 1.54) is 12.1 Å². The lowest BCUT2D eigenvalue weighted by Crippen LogP contribution is -2.22. The Morgan fingerprint density at radius 1 is 1.56 bits per heavy atom. The van der Waals surface area contributed by atoms with E-state index in [9.17, 15) is 9.18 Å². The minimum absolute atomic E-state index is 0. The van der Waals surface area contributed by atoms with E-state index < -0.39 is 11.8 Å². The Labute approximate surface area is 97.6 Å². The maximum atomic E-state index is 13.6. The summed E-state index contributed by atoms with van der Waals surface area (Å²) < 4.78 is 18.7. The van der Waals surface area contributed by atoms with Gasteiger partial charge in [-0.15, -0.1) is 12.4 Å². The van der Waals surface area contributed by atoms with Gasteiger partial charge in [-0.25, -0.2) is 9.18 Å². The Balaban J connectivity index is 0.00000128. The fourth-order valence-corrected chi connectivity index (χ4v) is 1.62. The van der Waals surface area contributed by atoms with Crippen molar-refractivity contribution in [3.8, 4) is 5.75 Å². The van der Waals surface area contributed by atoms with E-state index in [1.54, 1.807) is 0 Å². The molecule has 88 valence electrons. The molecule has 0 bridgehead atoms. The van der Waals surface area contributed by atoms with Crippen LogP contribution in [0.2, 0.25) is 0 Å². The van der Waals surface area contributed by atoms with Crippen LogP contribution in [0.25, 0.3) is 0 Å². The fourth-order valence-electron chi connectivity index (χ4n) is 1.62. The van der Waals surface area contributed by atoms with Crippen LogP contribution in [0.15, 0.2) is 12.1 Å². The van der Waals surface area contributed by atoms with Crippen LogP contribution in [0, 0.1) is 5.82 Å². The van der Waals surface area contributed by atoms with Crippen molar-refractivity contribution in [2.75, 3.05) is 6.61 Å². The van der Waals surface area contributed by atoms with Gasteiger partial charge >= 0.3 is 5.97 Å². The van der Waals surface area contributed by atoms with Crippen LogP contribution in [-0.2, 0) is 0 Å². The molecule has 16 heavy (non-hydrogen) atoms. The molecule has 2 rings (SSSR count). The predicted octanol–water partition coefficient (Wildman–Crippen LogP) is 1.73. The topological polar surface area (TPSA) is 72.5 Å². The maximum absolute atomic E-state index is 13.6. The molecule has 6 heteroatoms. The molecule has 0 radical (unpaired) electrons. The van der Waals surface area contributed by atoms with Crippen molar-refractivity contribution in [1.82, 2.24) is 0 Å². The molecule has 0 fully saturated rings. The van der Waals surface area contributed by atoms with Gasteiger partial charge in [0, 0.05) is 18.0 Å². The van der Waals surface area contributed by atoms with Gasteiger partial charge < -0.3 is 15.6 Å². The van der Waals surface area contributed by atoms with E-state index in [-0.39, 0.29) is 29.8 Å². The molecular formula is C10H11ClFNO3. The van der Waals surface area contributed by atoms with E-state index >= 15 is 0 Å². The van der Waals surface area contributed by atoms with Crippen molar-refractivity contribution >= 4 is 18.4 Å². The van der Waals surface area contributed by atoms with Crippen LogP contribution < -0.4 is 10.5 Å². The van der Waals surface area contributed by atoms with Crippen LogP contribution in [0.4, 0.5) is 4.39 Å². The van der Waals surface area contributed by atoms with Gasteiger partial charge in [0.25, 0.3) is 0 Å². The number of hydrogen-bond acceptors (Lipinski definition) is 3. The van der Waals surface area contributed by atoms with Crippen LogP contribution in [0.5, 0.6) is 5.75 Å². The molecule has 0 aromatic heterocycles. The number of rotatable bonds is 1. The van der Waals surface area contributed by atoms with Gasteiger partial charge in [-0.3, -0.25) is 0 Å². The highest BCUT2D eigenvalue weighted by molar-refractivity contribution is 5.88. The summed E-state index contributed by atoms with van der Waals surface area (Å²) in [6.07, 6.45) is 0.610. The van der Waals surface area contributed by atoms with Gasteiger partial charge in [0.15, 0.2) is 11.6 Å². The number of halogens is 2. The number of fused-ring (bicyclic) bond motifs is 1. The summed E-state index contributed by atoms with van der Waals surface area (Å²) in [5.74, 6) is -2.16. The second-order valence-electron chi connectivity index (χ2n) is 3.39. The summed E-state index contributed by atoms with van der Waals surface area (Å²) in [5, 5.41) is 8.71. The lowest BCUT2D eigenvalue weighted by Gasteiger charge is -2.23. The zero-order chi connectivity index (χ0) is 11.0. The zero-order valence-corrected chi connectivity index (χ0v) is 9.09. The van der Waals surface area contributed by atoms with Crippen LogP contribution in [0.3, 0.4) is 0 Å². The summed E-state index contributed by atoms with van der Waals surface area (Å²) in [5.41, 5.74) is 5.89. The van der Waals surface area contributed by atoms with Crippen molar-refractivity contribution in [2.24, 2.45) is 5.73 Å². The van der Waals surface area contributed by atoms with E-state index in [0.717, 1.165) is 0 Å². The molecular weight excluding hydrogens is 237 g/mol. The molecule has 0 amide bonds. The third-order valence-corrected chi connectivity index (χ3v) is 2.43. The first kappa shape index (κ1) is 12.7. The zero-order valence-electron chi connectivity index (χ0n) is 8.27. The van der Waals surface area contributed by atoms with E-state index in [2.05, 4.69) is 0 Å². The molecule has 1 unspecified atom stereocenters. The molecule has 1 aromatic rings. The molecule has 1 aromatic carbocycles. The van der Waals surface area contributed by atoms with Gasteiger partial charge in [0.1, 0.15) is 0 Å².